The predicted octanol–water partition coefficient (Wildman–Crippen LogP) is 3.57. The molecule has 1 aromatic rings. The summed E-state index contributed by atoms with van der Waals surface area (Å²) in [5, 5.41) is 10.8. The summed E-state index contributed by atoms with van der Waals surface area (Å²) >= 11 is 11.8. The molecule has 1 rings (SSSR count). The zero-order chi connectivity index (χ0) is 13.5. The Balaban J connectivity index is 2.35. The van der Waals surface area contributed by atoms with Crippen molar-refractivity contribution in [3.63, 3.8) is 0 Å². The third-order valence-corrected chi connectivity index (χ3v) is 2.91. The molecule has 1 aromatic carbocycles. The molecule has 102 valence electrons. The summed E-state index contributed by atoms with van der Waals surface area (Å²) in [5.74, 6) is 0. The van der Waals surface area contributed by atoms with Crippen LogP contribution >= 0.6 is 23.2 Å². The highest BCUT2D eigenvalue weighted by atomic mass is 35.5. The molecule has 0 aliphatic rings. The van der Waals surface area contributed by atoms with Gasteiger partial charge in [-0.2, -0.15) is 0 Å². The van der Waals surface area contributed by atoms with Gasteiger partial charge in [-0.3, -0.25) is 0 Å². The Morgan fingerprint density at radius 1 is 1.28 bits per heavy atom. The van der Waals surface area contributed by atoms with Gasteiger partial charge in [0, 0.05) is 16.7 Å². The lowest BCUT2D eigenvalue weighted by Crippen LogP contribution is -2.15. The zero-order valence-corrected chi connectivity index (χ0v) is 11.1. The Morgan fingerprint density at radius 3 is 2.67 bits per heavy atom. The molecule has 0 fully saturated rings. The van der Waals surface area contributed by atoms with Crippen LogP contribution in [-0.2, 0) is 11.2 Å². The Kier molecular flexibility index (Phi) is 6.86. The van der Waals surface area contributed by atoms with Crippen LogP contribution in [0.3, 0.4) is 0 Å². The summed E-state index contributed by atoms with van der Waals surface area (Å²) in [4.78, 5) is 0. The van der Waals surface area contributed by atoms with Crippen molar-refractivity contribution in [2.75, 3.05) is 13.2 Å². The average molecular weight is 299 g/mol. The van der Waals surface area contributed by atoms with Crippen LogP contribution in [0.4, 0.5) is 8.78 Å². The van der Waals surface area contributed by atoms with Crippen molar-refractivity contribution < 1.29 is 18.6 Å². The second-order valence-corrected chi connectivity index (χ2v) is 4.69. The summed E-state index contributed by atoms with van der Waals surface area (Å²) in [5.41, 5.74) is 0.727. The molecule has 6 heteroatoms. The molecule has 1 N–H and O–H groups in total. The molecular formula is C12H14Cl2F2O2. The van der Waals surface area contributed by atoms with Gasteiger partial charge < -0.3 is 9.84 Å². The van der Waals surface area contributed by atoms with E-state index in [1.807, 2.05) is 0 Å². The summed E-state index contributed by atoms with van der Waals surface area (Å²) in [6, 6.07) is 4.98. The van der Waals surface area contributed by atoms with E-state index in [0.717, 1.165) is 5.56 Å². The standard InChI is InChI=1S/C12H14Cl2F2O2/c13-9-1-2-11(14)8(5-9)6-10(17)3-4-18-7-12(15)16/h1-2,5,10,12,17H,3-4,6-7H2. The molecule has 1 atom stereocenters. The van der Waals surface area contributed by atoms with Gasteiger partial charge in [-0.1, -0.05) is 23.2 Å². The average Bonchev–Trinajstić information content (AvgIpc) is 2.29. The fraction of sp³-hybridized carbons (Fsp3) is 0.500. The van der Waals surface area contributed by atoms with Crippen LogP contribution in [0.25, 0.3) is 0 Å². The number of aliphatic hydroxyl groups excluding tert-OH is 1. The van der Waals surface area contributed by atoms with E-state index in [9.17, 15) is 13.9 Å². The first-order valence-electron chi connectivity index (χ1n) is 5.47. The van der Waals surface area contributed by atoms with E-state index in [-0.39, 0.29) is 13.0 Å². The van der Waals surface area contributed by atoms with Gasteiger partial charge in [0.25, 0.3) is 6.43 Å². The molecule has 2 nitrogen and oxygen atoms in total. The van der Waals surface area contributed by atoms with Gasteiger partial charge in [-0.15, -0.1) is 0 Å². The van der Waals surface area contributed by atoms with Gasteiger partial charge in [0.15, 0.2) is 0 Å². The molecule has 0 bridgehead atoms. The van der Waals surface area contributed by atoms with E-state index >= 15 is 0 Å². The van der Waals surface area contributed by atoms with Crippen molar-refractivity contribution in [1.82, 2.24) is 0 Å². The summed E-state index contributed by atoms with van der Waals surface area (Å²) in [6.45, 7) is -0.520. The SMILES string of the molecule is OC(CCOCC(F)F)Cc1cc(Cl)ccc1Cl. The maximum Gasteiger partial charge on any atom is 0.261 e. The van der Waals surface area contributed by atoms with E-state index in [0.29, 0.717) is 16.5 Å². The second kappa shape index (κ2) is 7.89. The van der Waals surface area contributed by atoms with Crippen molar-refractivity contribution in [1.29, 1.82) is 0 Å². The molecule has 0 radical (unpaired) electrons. The number of ether oxygens (including phenoxy) is 1. The first kappa shape index (κ1) is 15.6. The van der Waals surface area contributed by atoms with E-state index in [1.54, 1.807) is 18.2 Å². The van der Waals surface area contributed by atoms with Gasteiger partial charge >= 0.3 is 0 Å². The molecule has 0 amide bonds. The Labute approximate surface area is 114 Å². The first-order valence-corrected chi connectivity index (χ1v) is 6.22. The number of hydrogen-bond acceptors (Lipinski definition) is 2. The molecule has 0 saturated carbocycles. The molecule has 0 spiro atoms. The number of hydrogen-bond donors (Lipinski definition) is 1. The number of rotatable bonds is 7. The number of alkyl halides is 2. The minimum atomic E-state index is -2.48. The van der Waals surface area contributed by atoms with E-state index in [1.165, 1.54) is 0 Å². The van der Waals surface area contributed by atoms with Crippen molar-refractivity contribution in [3.05, 3.63) is 33.8 Å². The van der Waals surface area contributed by atoms with Gasteiger partial charge in [-0.25, -0.2) is 8.78 Å². The van der Waals surface area contributed by atoms with E-state index in [2.05, 4.69) is 4.74 Å². The maximum absolute atomic E-state index is 11.8. The zero-order valence-electron chi connectivity index (χ0n) is 9.58. The molecule has 0 heterocycles. The van der Waals surface area contributed by atoms with Crippen LogP contribution < -0.4 is 0 Å². The topological polar surface area (TPSA) is 29.5 Å². The fourth-order valence-electron chi connectivity index (χ4n) is 1.45. The summed E-state index contributed by atoms with van der Waals surface area (Å²) in [7, 11) is 0. The highest BCUT2D eigenvalue weighted by Gasteiger charge is 2.10. The summed E-state index contributed by atoms with van der Waals surface area (Å²) < 4.78 is 28.3. The third kappa shape index (κ3) is 5.96. The van der Waals surface area contributed by atoms with Gasteiger partial charge in [-0.05, 0) is 36.6 Å². The van der Waals surface area contributed by atoms with Crippen LogP contribution in [0.1, 0.15) is 12.0 Å². The lowest BCUT2D eigenvalue weighted by molar-refractivity contribution is 0.00512. The molecule has 0 saturated heterocycles. The van der Waals surface area contributed by atoms with Gasteiger partial charge in [0.2, 0.25) is 0 Å². The predicted molar refractivity (Wildman–Crippen MR) is 67.6 cm³/mol. The van der Waals surface area contributed by atoms with E-state index in [4.69, 9.17) is 23.2 Å². The smallest absolute Gasteiger partial charge is 0.261 e. The highest BCUT2D eigenvalue weighted by Crippen LogP contribution is 2.22. The molecule has 18 heavy (non-hydrogen) atoms. The number of halogens is 4. The van der Waals surface area contributed by atoms with Crippen LogP contribution in [-0.4, -0.2) is 30.8 Å². The molecule has 1 unspecified atom stereocenters. The monoisotopic (exact) mass is 298 g/mol. The first-order chi connectivity index (χ1) is 8.49. The van der Waals surface area contributed by atoms with Crippen molar-refractivity contribution in [3.8, 4) is 0 Å². The minimum Gasteiger partial charge on any atom is -0.393 e. The maximum atomic E-state index is 11.8. The van der Waals surface area contributed by atoms with Gasteiger partial charge in [0.1, 0.15) is 6.61 Å². The lowest BCUT2D eigenvalue weighted by Gasteiger charge is -2.12. The van der Waals surface area contributed by atoms with Crippen LogP contribution in [0.5, 0.6) is 0 Å². The third-order valence-electron chi connectivity index (χ3n) is 2.30. The Hall–Kier alpha value is -0.420. The van der Waals surface area contributed by atoms with Crippen molar-refractivity contribution in [2.24, 2.45) is 0 Å². The van der Waals surface area contributed by atoms with Crippen LogP contribution in [0.2, 0.25) is 10.0 Å². The second-order valence-electron chi connectivity index (χ2n) is 3.85. The molecule has 0 aliphatic carbocycles. The number of benzene rings is 1. The van der Waals surface area contributed by atoms with Crippen molar-refractivity contribution in [2.45, 2.75) is 25.4 Å². The van der Waals surface area contributed by atoms with Gasteiger partial charge in [0.05, 0.1) is 6.10 Å². The fourth-order valence-corrected chi connectivity index (χ4v) is 1.84. The highest BCUT2D eigenvalue weighted by molar-refractivity contribution is 6.33. The van der Waals surface area contributed by atoms with E-state index < -0.39 is 19.1 Å². The quantitative estimate of drug-likeness (QED) is 0.780. The van der Waals surface area contributed by atoms with Crippen LogP contribution in [0, 0.1) is 0 Å². The van der Waals surface area contributed by atoms with Crippen molar-refractivity contribution >= 4 is 23.2 Å². The summed E-state index contributed by atoms with van der Waals surface area (Å²) in [6.07, 6.45) is -2.59. The normalized spacial score (nSPS) is 13.0. The Bertz CT molecular complexity index is 375. The molecule has 0 aliphatic heterocycles. The lowest BCUT2D eigenvalue weighted by atomic mass is 10.1. The molecular weight excluding hydrogens is 285 g/mol. The number of aliphatic hydroxyl groups is 1. The minimum absolute atomic E-state index is 0.0870. The van der Waals surface area contributed by atoms with Crippen LogP contribution in [0.15, 0.2) is 18.2 Å². The molecule has 0 aromatic heterocycles. The Morgan fingerprint density at radius 2 is 2.00 bits per heavy atom. The largest absolute Gasteiger partial charge is 0.393 e.